The zero-order chi connectivity index (χ0) is 7.98. The molecule has 0 saturated heterocycles. The molecular formula is C5H7NO3S. The normalized spacial score (nSPS) is 10.0. The zero-order valence-corrected chi connectivity index (χ0v) is 5.93. The molecule has 0 aliphatic carbocycles. The minimum absolute atomic E-state index is 0.0518. The standard InChI is InChI=1S/C5H7NO3S/c6-4(7)1-2-10-3-5(8)9/h1-2H,3H2,(H2,6,7)(H,8,9)/b2-1-. The highest BCUT2D eigenvalue weighted by atomic mass is 32.2. The predicted molar refractivity (Wildman–Crippen MR) is 38.4 cm³/mol. The molecule has 0 fully saturated rings. The first-order valence-corrected chi connectivity index (χ1v) is 3.47. The van der Waals surface area contributed by atoms with Crippen molar-refractivity contribution in [3.8, 4) is 0 Å². The van der Waals surface area contributed by atoms with Crippen LogP contribution in [0.3, 0.4) is 0 Å². The monoisotopic (exact) mass is 161 g/mol. The Kier molecular flexibility index (Phi) is 4.39. The molecule has 0 saturated carbocycles. The SMILES string of the molecule is NC(=O)/C=C\SCC(=O)O. The Morgan fingerprint density at radius 1 is 1.60 bits per heavy atom. The number of primary amides is 1. The van der Waals surface area contributed by atoms with Crippen molar-refractivity contribution in [1.82, 2.24) is 0 Å². The number of thioether (sulfide) groups is 1. The lowest BCUT2D eigenvalue weighted by Crippen LogP contribution is -2.05. The van der Waals surface area contributed by atoms with Crippen molar-refractivity contribution in [2.45, 2.75) is 0 Å². The number of carboxylic acid groups (broad SMARTS) is 1. The van der Waals surface area contributed by atoms with Crippen LogP contribution in [-0.2, 0) is 9.59 Å². The summed E-state index contributed by atoms with van der Waals surface area (Å²) in [4.78, 5) is 19.9. The van der Waals surface area contributed by atoms with Gasteiger partial charge >= 0.3 is 5.97 Å². The first-order valence-electron chi connectivity index (χ1n) is 2.42. The number of hydrogen-bond donors (Lipinski definition) is 2. The Morgan fingerprint density at radius 2 is 2.20 bits per heavy atom. The van der Waals surface area contributed by atoms with Gasteiger partial charge < -0.3 is 10.8 Å². The molecule has 0 spiro atoms. The van der Waals surface area contributed by atoms with E-state index in [1.165, 1.54) is 5.41 Å². The van der Waals surface area contributed by atoms with Crippen molar-refractivity contribution in [3.05, 3.63) is 11.5 Å². The molecule has 0 aliphatic heterocycles. The van der Waals surface area contributed by atoms with Gasteiger partial charge in [-0.1, -0.05) is 0 Å². The molecule has 0 aromatic heterocycles. The molecule has 0 unspecified atom stereocenters. The molecule has 0 atom stereocenters. The molecule has 0 rings (SSSR count). The maximum Gasteiger partial charge on any atom is 0.313 e. The van der Waals surface area contributed by atoms with Gasteiger partial charge in [-0.05, 0) is 5.41 Å². The molecule has 4 nitrogen and oxygen atoms in total. The van der Waals surface area contributed by atoms with Crippen molar-refractivity contribution in [2.75, 3.05) is 5.75 Å². The van der Waals surface area contributed by atoms with E-state index in [9.17, 15) is 9.59 Å². The van der Waals surface area contributed by atoms with E-state index in [1.807, 2.05) is 0 Å². The molecule has 10 heavy (non-hydrogen) atoms. The van der Waals surface area contributed by atoms with E-state index in [0.29, 0.717) is 0 Å². The van der Waals surface area contributed by atoms with Crippen LogP contribution in [-0.4, -0.2) is 22.7 Å². The number of nitrogens with two attached hydrogens (primary N) is 1. The molecule has 0 aromatic rings. The van der Waals surface area contributed by atoms with E-state index in [0.717, 1.165) is 17.8 Å². The second-order valence-corrected chi connectivity index (χ2v) is 2.30. The van der Waals surface area contributed by atoms with Crippen LogP contribution in [0.5, 0.6) is 0 Å². The summed E-state index contributed by atoms with van der Waals surface area (Å²) < 4.78 is 0. The second-order valence-electron chi connectivity index (χ2n) is 1.41. The maximum atomic E-state index is 10.0. The number of amides is 1. The van der Waals surface area contributed by atoms with Crippen LogP contribution in [0.4, 0.5) is 0 Å². The molecule has 3 N–H and O–H groups in total. The lowest BCUT2D eigenvalue weighted by Gasteiger charge is -1.85. The summed E-state index contributed by atoms with van der Waals surface area (Å²) in [6.07, 6.45) is 1.12. The fourth-order valence-electron chi connectivity index (χ4n) is 0.235. The summed E-state index contributed by atoms with van der Waals surface area (Å²) in [6.45, 7) is 0. The van der Waals surface area contributed by atoms with Gasteiger partial charge in [0.1, 0.15) is 0 Å². The highest BCUT2D eigenvalue weighted by molar-refractivity contribution is 8.02. The Labute approximate surface area is 62.1 Å². The highest BCUT2D eigenvalue weighted by Crippen LogP contribution is 1.99. The number of carbonyl (C=O) groups excluding carboxylic acids is 1. The van der Waals surface area contributed by atoms with Crippen LogP contribution in [0, 0.1) is 0 Å². The highest BCUT2D eigenvalue weighted by Gasteiger charge is 1.92. The van der Waals surface area contributed by atoms with Gasteiger partial charge in [-0.2, -0.15) is 0 Å². The van der Waals surface area contributed by atoms with Crippen molar-refractivity contribution < 1.29 is 14.7 Å². The first kappa shape index (κ1) is 9.03. The van der Waals surface area contributed by atoms with Gasteiger partial charge in [0.05, 0.1) is 5.75 Å². The second kappa shape index (κ2) is 4.87. The molecule has 1 amide bonds. The van der Waals surface area contributed by atoms with Crippen LogP contribution >= 0.6 is 11.8 Å². The van der Waals surface area contributed by atoms with E-state index in [2.05, 4.69) is 0 Å². The summed E-state index contributed by atoms with van der Waals surface area (Å²) >= 11 is 1.01. The minimum Gasteiger partial charge on any atom is -0.481 e. The van der Waals surface area contributed by atoms with Crippen LogP contribution in [0.1, 0.15) is 0 Å². The van der Waals surface area contributed by atoms with E-state index in [4.69, 9.17) is 10.8 Å². The smallest absolute Gasteiger partial charge is 0.313 e. The average molecular weight is 161 g/mol. The van der Waals surface area contributed by atoms with Crippen molar-refractivity contribution in [1.29, 1.82) is 0 Å². The van der Waals surface area contributed by atoms with Crippen LogP contribution < -0.4 is 5.73 Å². The van der Waals surface area contributed by atoms with E-state index in [-0.39, 0.29) is 5.75 Å². The number of carbonyl (C=O) groups is 2. The quantitative estimate of drug-likeness (QED) is 0.560. The van der Waals surface area contributed by atoms with Crippen LogP contribution in [0.2, 0.25) is 0 Å². The molecule has 56 valence electrons. The zero-order valence-electron chi connectivity index (χ0n) is 5.11. The molecule has 0 aliphatic rings. The van der Waals surface area contributed by atoms with Gasteiger partial charge in [-0.15, -0.1) is 11.8 Å². The number of hydrogen-bond acceptors (Lipinski definition) is 3. The van der Waals surface area contributed by atoms with Crippen molar-refractivity contribution in [3.63, 3.8) is 0 Å². The predicted octanol–water partition coefficient (Wildman–Crippen LogP) is -0.197. The van der Waals surface area contributed by atoms with Gasteiger partial charge in [-0.3, -0.25) is 9.59 Å². The Bertz CT molecular complexity index is 166. The Hall–Kier alpha value is -0.970. The Balaban J connectivity index is 3.36. The van der Waals surface area contributed by atoms with Gasteiger partial charge in [0.25, 0.3) is 0 Å². The minimum atomic E-state index is -0.917. The molecule has 0 heterocycles. The van der Waals surface area contributed by atoms with Crippen LogP contribution in [0.15, 0.2) is 11.5 Å². The third-order valence-corrected chi connectivity index (χ3v) is 1.28. The maximum absolute atomic E-state index is 10.0. The van der Waals surface area contributed by atoms with Gasteiger partial charge in [0.15, 0.2) is 0 Å². The molecule has 0 aromatic carbocycles. The fourth-order valence-corrected chi connectivity index (χ4v) is 0.704. The van der Waals surface area contributed by atoms with Gasteiger partial charge in [0, 0.05) is 6.08 Å². The third-order valence-electron chi connectivity index (χ3n) is 0.535. The van der Waals surface area contributed by atoms with E-state index in [1.54, 1.807) is 0 Å². The summed E-state index contributed by atoms with van der Waals surface area (Å²) in [5, 5.41) is 9.47. The summed E-state index contributed by atoms with van der Waals surface area (Å²) in [6, 6.07) is 0. The molecule has 5 heteroatoms. The van der Waals surface area contributed by atoms with Gasteiger partial charge in [0.2, 0.25) is 5.91 Å². The lowest BCUT2D eigenvalue weighted by atomic mass is 10.6. The molecule has 0 radical (unpaired) electrons. The average Bonchev–Trinajstić information content (AvgIpc) is 1.79. The van der Waals surface area contributed by atoms with E-state index >= 15 is 0 Å². The summed E-state index contributed by atoms with van der Waals surface area (Å²) in [5.74, 6) is -1.54. The van der Waals surface area contributed by atoms with Crippen molar-refractivity contribution >= 4 is 23.6 Å². The third kappa shape index (κ3) is 7.03. The van der Waals surface area contributed by atoms with E-state index < -0.39 is 11.9 Å². The largest absolute Gasteiger partial charge is 0.481 e. The summed E-state index contributed by atoms with van der Waals surface area (Å²) in [5.41, 5.74) is 4.72. The number of rotatable bonds is 4. The lowest BCUT2D eigenvalue weighted by molar-refractivity contribution is -0.133. The Morgan fingerprint density at radius 3 is 2.60 bits per heavy atom. The molecule has 0 bridgehead atoms. The fraction of sp³-hybridized carbons (Fsp3) is 0.200. The topological polar surface area (TPSA) is 80.4 Å². The molecular weight excluding hydrogens is 154 g/mol. The summed E-state index contributed by atoms with van der Waals surface area (Å²) in [7, 11) is 0. The number of carboxylic acids is 1. The van der Waals surface area contributed by atoms with Crippen molar-refractivity contribution in [2.24, 2.45) is 5.73 Å². The number of aliphatic carboxylic acids is 1. The van der Waals surface area contributed by atoms with Gasteiger partial charge in [-0.25, -0.2) is 0 Å². The van der Waals surface area contributed by atoms with Crippen LogP contribution in [0.25, 0.3) is 0 Å². The first-order chi connectivity index (χ1) is 4.63.